The molecule has 16 heteroatoms. The summed E-state index contributed by atoms with van der Waals surface area (Å²) in [7, 11) is -4.11. The Kier molecular flexibility index (Phi) is 7.00. The minimum Gasteiger partial charge on any atom is -0.415 e. The zero-order valence-electron chi connectivity index (χ0n) is 21.3. The van der Waals surface area contributed by atoms with Crippen LogP contribution in [-0.2, 0) is 16.8 Å². The van der Waals surface area contributed by atoms with Crippen LogP contribution in [0.25, 0.3) is 17.1 Å². The van der Waals surface area contributed by atoms with Crippen LogP contribution in [0.15, 0.2) is 71.7 Å². The van der Waals surface area contributed by atoms with Gasteiger partial charge in [0.2, 0.25) is 11.8 Å². The Bertz CT molecular complexity index is 1770. The van der Waals surface area contributed by atoms with Crippen molar-refractivity contribution < 1.29 is 26.0 Å². The Morgan fingerprint density at radius 3 is 2.49 bits per heavy atom. The Morgan fingerprint density at radius 1 is 1.00 bits per heavy atom. The lowest BCUT2D eigenvalue weighted by Crippen LogP contribution is -2.53. The molecule has 0 unspecified atom stereocenters. The summed E-state index contributed by atoms with van der Waals surface area (Å²) < 4.78 is 76.9. The molecule has 5 aromatic rings. The lowest BCUT2D eigenvalue weighted by Gasteiger charge is -2.37. The summed E-state index contributed by atoms with van der Waals surface area (Å²) >= 11 is 0. The zero-order valence-corrected chi connectivity index (χ0v) is 22.1. The number of rotatable bonds is 8. The van der Waals surface area contributed by atoms with Crippen molar-refractivity contribution in [3.8, 4) is 11.5 Å². The molecule has 0 radical (unpaired) electrons. The van der Waals surface area contributed by atoms with Gasteiger partial charge in [-0.15, -0.1) is 10.2 Å². The van der Waals surface area contributed by atoms with Gasteiger partial charge in [-0.05, 0) is 36.4 Å². The van der Waals surface area contributed by atoms with Crippen LogP contribution < -0.4 is 9.21 Å². The van der Waals surface area contributed by atoms with Crippen LogP contribution in [0.3, 0.4) is 0 Å². The number of hydrogen-bond donors (Lipinski definition) is 0. The minimum absolute atomic E-state index is 0.101. The smallest absolute Gasteiger partial charge is 0.314 e. The molecule has 0 amide bonds. The lowest BCUT2D eigenvalue weighted by molar-refractivity contribution is 0.116. The normalized spacial score (nSPS) is 14.7. The number of anilines is 2. The molecule has 12 nitrogen and oxygen atoms in total. The van der Waals surface area contributed by atoms with Crippen molar-refractivity contribution >= 4 is 27.5 Å². The number of piperazine rings is 1. The van der Waals surface area contributed by atoms with Crippen LogP contribution >= 0.6 is 0 Å². The van der Waals surface area contributed by atoms with Crippen molar-refractivity contribution in [2.24, 2.45) is 0 Å². The molecule has 0 spiro atoms. The Labute approximate surface area is 231 Å². The summed E-state index contributed by atoms with van der Waals surface area (Å²) in [6.07, 6.45) is 3.59. The van der Waals surface area contributed by atoms with Crippen LogP contribution in [0.4, 0.5) is 24.8 Å². The molecule has 0 atom stereocenters. The Morgan fingerprint density at radius 2 is 1.78 bits per heavy atom. The fourth-order valence-electron chi connectivity index (χ4n) is 4.48. The highest BCUT2D eigenvalue weighted by atomic mass is 32.2. The average molecular weight is 586 g/mol. The monoisotopic (exact) mass is 585 g/mol. The zero-order chi connectivity index (χ0) is 28.6. The van der Waals surface area contributed by atoms with Crippen LogP contribution in [-0.4, -0.2) is 68.5 Å². The summed E-state index contributed by atoms with van der Waals surface area (Å²) in [5.41, 5.74) is 1.26. The van der Waals surface area contributed by atoms with Crippen molar-refractivity contribution in [2.75, 3.05) is 35.4 Å². The topological polar surface area (TPSA) is 126 Å². The van der Waals surface area contributed by atoms with E-state index >= 15 is 0 Å². The van der Waals surface area contributed by atoms with Gasteiger partial charge in [-0.2, -0.15) is 21.5 Å². The largest absolute Gasteiger partial charge is 0.415 e. The molecule has 5 heterocycles. The predicted molar refractivity (Wildman–Crippen MR) is 141 cm³/mol. The molecule has 1 aliphatic heterocycles. The van der Waals surface area contributed by atoms with Crippen molar-refractivity contribution in [1.82, 2.24) is 33.9 Å². The summed E-state index contributed by atoms with van der Waals surface area (Å²) in [4.78, 5) is 14.9. The number of pyridine rings is 1. The van der Waals surface area contributed by atoms with E-state index in [1.54, 1.807) is 47.4 Å². The molecule has 1 aromatic carbocycles. The maximum Gasteiger partial charge on any atom is 0.314 e. The SMILES string of the molecule is O=S(=O)(N1CCN(c2ncccn2)CC1)N(Cc1cn2ccc(-c3nnc(C(F)F)o3)cc2n1)c1cccc(F)c1. The second kappa shape index (κ2) is 10.8. The fourth-order valence-corrected chi connectivity index (χ4v) is 6.06. The van der Waals surface area contributed by atoms with Crippen molar-refractivity contribution in [3.05, 3.63) is 84.7 Å². The Hall–Kier alpha value is -4.57. The van der Waals surface area contributed by atoms with Crippen LogP contribution in [0.1, 0.15) is 18.0 Å². The predicted octanol–water partition coefficient (Wildman–Crippen LogP) is 3.32. The number of nitrogens with zero attached hydrogens (tertiary/aromatic N) is 9. The third-order valence-corrected chi connectivity index (χ3v) is 8.38. The molecule has 6 rings (SSSR count). The minimum atomic E-state index is -4.11. The molecule has 0 N–H and O–H groups in total. The van der Waals surface area contributed by atoms with Gasteiger partial charge in [0.15, 0.2) is 0 Å². The van der Waals surface area contributed by atoms with Crippen molar-refractivity contribution in [1.29, 1.82) is 0 Å². The second-order valence-corrected chi connectivity index (χ2v) is 10.9. The van der Waals surface area contributed by atoms with Crippen LogP contribution in [0.2, 0.25) is 0 Å². The molecule has 1 saturated heterocycles. The van der Waals surface area contributed by atoms with E-state index in [-0.39, 0.29) is 31.2 Å². The van der Waals surface area contributed by atoms with Crippen molar-refractivity contribution in [2.45, 2.75) is 13.0 Å². The maximum atomic E-state index is 14.2. The van der Waals surface area contributed by atoms with Crippen LogP contribution in [0, 0.1) is 5.82 Å². The molecule has 0 bridgehead atoms. The number of fused-ring (bicyclic) bond motifs is 1. The van der Waals surface area contributed by atoms with E-state index < -0.39 is 28.3 Å². The van der Waals surface area contributed by atoms with Crippen molar-refractivity contribution in [3.63, 3.8) is 0 Å². The van der Waals surface area contributed by atoms with Gasteiger partial charge in [0.25, 0.3) is 5.89 Å². The standard InChI is InChI=1S/C25H22F3N9O3S/c26-18-3-1-4-20(14-18)37(41(38,39)36-11-9-34(10-12-36)25-29-6-2-7-30-25)16-19-15-35-8-5-17(13-21(35)31-19)23-32-33-24(40-23)22(27)28/h1-8,13-15,22H,9-12,16H2. The first-order chi connectivity index (χ1) is 19.8. The average Bonchev–Trinajstić information content (AvgIpc) is 3.63. The Balaban J connectivity index is 1.27. The van der Waals surface area contributed by atoms with Gasteiger partial charge in [-0.25, -0.2) is 19.3 Å². The van der Waals surface area contributed by atoms with Gasteiger partial charge in [0, 0.05) is 56.5 Å². The summed E-state index contributed by atoms with van der Waals surface area (Å²) in [5, 5.41) is 6.99. The molecule has 0 saturated carbocycles. The van der Waals surface area contributed by atoms with Crippen LogP contribution in [0.5, 0.6) is 0 Å². The first kappa shape index (κ1) is 26.6. The van der Waals surface area contributed by atoms with Gasteiger partial charge >= 0.3 is 16.6 Å². The maximum absolute atomic E-state index is 14.2. The molecule has 0 aliphatic carbocycles. The molecule has 212 valence electrons. The van der Waals surface area contributed by atoms with Gasteiger partial charge in [0.05, 0.1) is 17.9 Å². The van der Waals surface area contributed by atoms with E-state index in [1.807, 2.05) is 4.90 Å². The van der Waals surface area contributed by atoms with E-state index in [4.69, 9.17) is 4.42 Å². The van der Waals surface area contributed by atoms with Gasteiger partial charge < -0.3 is 13.7 Å². The molecule has 1 fully saturated rings. The number of alkyl halides is 2. The number of imidazole rings is 1. The third-order valence-electron chi connectivity index (χ3n) is 6.46. The summed E-state index contributed by atoms with van der Waals surface area (Å²) in [6.45, 7) is 0.902. The van der Waals surface area contributed by atoms with E-state index in [0.29, 0.717) is 35.9 Å². The highest BCUT2D eigenvalue weighted by molar-refractivity contribution is 7.90. The third kappa shape index (κ3) is 5.43. The van der Waals surface area contributed by atoms with E-state index in [1.165, 1.54) is 22.5 Å². The number of aromatic nitrogens is 6. The number of hydrogen-bond acceptors (Lipinski definition) is 9. The van der Waals surface area contributed by atoms with Gasteiger partial charge in [-0.1, -0.05) is 6.07 Å². The molecular formula is C25H22F3N9O3S. The number of benzene rings is 1. The molecule has 1 aliphatic rings. The number of halogens is 3. The van der Waals surface area contributed by atoms with Gasteiger partial charge in [0.1, 0.15) is 11.5 Å². The van der Waals surface area contributed by atoms with E-state index in [9.17, 15) is 21.6 Å². The lowest BCUT2D eigenvalue weighted by atomic mass is 10.2. The first-order valence-corrected chi connectivity index (χ1v) is 13.8. The van der Waals surface area contributed by atoms with E-state index in [2.05, 4.69) is 25.1 Å². The highest BCUT2D eigenvalue weighted by Gasteiger charge is 2.34. The quantitative estimate of drug-likeness (QED) is 0.270. The summed E-state index contributed by atoms with van der Waals surface area (Å²) in [5.74, 6) is -0.967. The first-order valence-electron chi connectivity index (χ1n) is 12.4. The molecule has 4 aromatic heterocycles. The fraction of sp³-hybridized carbons (Fsp3) is 0.240. The molecule has 41 heavy (non-hydrogen) atoms. The summed E-state index contributed by atoms with van der Waals surface area (Å²) in [6, 6.07) is 10.2. The van der Waals surface area contributed by atoms with Gasteiger partial charge in [-0.3, -0.25) is 4.31 Å². The molecular weight excluding hydrogens is 563 g/mol. The highest BCUT2D eigenvalue weighted by Crippen LogP contribution is 2.27. The second-order valence-electron chi connectivity index (χ2n) is 9.09. The van der Waals surface area contributed by atoms with E-state index in [0.717, 1.165) is 10.4 Å².